The van der Waals surface area contributed by atoms with Crippen LogP contribution < -0.4 is 5.32 Å². The molecule has 86 valence electrons. The minimum atomic E-state index is 0.559. The zero-order valence-corrected chi connectivity index (χ0v) is 10.8. The zero-order chi connectivity index (χ0) is 11.1. The summed E-state index contributed by atoms with van der Waals surface area (Å²) in [5, 5.41) is 3.42. The van der Waals surface area contributed by atoms with Gasteiger partial charge in [0.15, 0.2) is 0 Å². The minimum Gasteiger partial charge on any atom is -0.353 e. The number of aromatic nitrogens is 1. The van der Waals surface area contributed by atoms with E-state index >= 15 is 0 Å². The smallest absolute Gasteiger partial charge is 0.0310 e. The fourth-order valence-electron chi connectivity index (χ4n) is 1.37. The first-order chi connectivity index (χ1) is 7.22. The maximum atomic E-state index is 3.42. The van der Waals surface area contributed by atoms with Gasteiger partial charge in [-0.3, -0.25) is 0 Å². The van der Waals surface area contributed by atoms with E-state index in [1.54, 1.807) is 0 Å². The lowest BCUT2D eigenvalue weighted by molar-refractivity contribution is 0.588. The van der Waals surface area contributed by atoms with Crippen LogP contribution in [0.15, 0.2) is 18.5 Å². The Bertz CT molecular complexity index is 268. The van der Waals surface area contributed by atoms with Crippen molar-refractivity contribution in [3.63, 3.8) is 0 Å². The molecule has 0 fully saturated rings. The van der Waals surface area contributed by atoms with Crippen molar-refractivity contribution in [2.24, 2.45) is 0 Å². The number of aryl methyl sites for hydroxylation is 1. The van der Waals surface area contributed by atoms with Gasteiger partial charge in [0, 0.05) is 37.3 Å². The molecule has 0 aliphatic rings. The van der Waals surface area contributed by atoms with Gasteiger partial charge in [0.05, 0.1) is 0 Å². The Labute approximate surface area is 97.4 Å². The number of thioether (sulfide) groups is 1. The molecular weight excluding hydrogens is 204 g/mol. The largest absolute Gasteiger partial charge is 0.353 e. The van der Waals surface area contributed by atoms with Gasteiger partial charge in [-0.2, -0.15) is 11.8 Å². The number of hydrogen-bond acceptors (Lipinski definition) is 2. The first-order valence-electron chi connectivity index (χ1n) is 5.68. The molecule has 0 saturated heterocycles. The zero-order valence-electron chi connectivity index (χ0n) is 9.99. The Morgan fingerprint density at radius 2 is 2.27 bits per heavy atom. The van der Waals surface area contributed by atoms with Crippen LogP contribution in [-0.4, -0.2) is 22.1 Å². The molecule has 1 aromatic rings. The van der Waals surface area contributed by atoms with Gasteiger partial charge in [0.1, 0.15) is 0 Å². The van der Waals surface area contributed by atoms with Crippen molar-refractivity contribution in [2.45, 2.75) is 39.9 Å². The third kappa shape index (κ3) is 5.28. The van der Waals surface area contributed by atoms with Crippen LogP contribution in [0.25, 0.3) is 0 Å². The number of rotatable bonds is 7. The van der Waals surface area contributed by atoms with Gasteiger partial charge < -0.3 is 9.88 Å². The Hall–Kier alpha value is -0.410. The molecule has 15 heavy (non-hydrogen) atoms. The van der Waals surface area contributed by atoms with E-state index in [2.05, 4.69) is 49.1 Å². The van der Waals surface area contributed by atoms with Crippen LogP contribution in [0.5, 0.6) is 0 Å². The molecule has 0 spiro atoms. The highest BCUT2D eigenvalue weighted by atomic mass is 32.2. The van der Waals surface area contributed by atoms with Gasteiger partial charge in [-0.1, -0.05) is 20.8 Å². The van der Waals surface area contributed by atoms with Crippen molar-refractivity contribution in [1.29, 1.82) is 0 Å². The first kappa shape index (κ1) is 12.7. The Kier molecular flexibility index (Phi) is 5.88. The summed E-state index contributed by atoms with van der Waals surface area (Å²) in [6.45, 7) is 8.66. The second kappa shape index (κ2) is 6.96. The highest BCUT2D eigenvalue weighted by Crippen LogP contribution is 2.04. The molecule has 0 saturated carbocycles. The summed E-state index contributed by atoms with van der Waals surface area (Å²) in [7, 11) is 0. The molecule has 0 bridgehead atoms. The van der Waals surface area contributed by atoms with Crippen molar-refractivity contribution < 1.29 is 0 Å². The van der Waals surface area contributed by atoms with Crippen LogP contribution in [0, 0.1) is 0 Å². The third-order valence-corrected chi connectivity index (χ3v) is 3.10. The summed E-state index contributed by atoms with van der Waals surface area (Å²) < 4.78 is 2.28. The van der Waals surface area contributed by atoms with E-state index in [9.17, 15) is 0 Å². The van der Waals surface area contributed by atoms with Crippen molar-refractivity contribution in [3.05, 3.63) is 24.0 Å². The maximum absolute atomic E-state index is 3.42. The molecule has 0 aliphatic carbocycles. The Morgan fingerprint density at radius 3 is 2.93 bits per heavy atom. The molecule has 0 atom stereocenters. The predicted molar refractivity (Wildman–Crippen MR) is 69.4 cm³/mol. The van der Waals surface area contributed by atoms with Crippen LogP contribution >= 0.6 is 11.8 Å². The van der Waals surface area contributed by atoms with Crippen molar-refractivity contribution >= 4 is 11.8 Å². The summed E-state index contributed by atoms with van der Waals surface area (Å²) in [4.78, 5) is 0. The molecule has 1 rings (SSSR count). The summed E-state index contributed by atoms with van der Waals surface area (Å²) in [5.41, 5.74) is 1.38. The van der Waals surface area contributed by atoms with E-state index in [1.807, 2.05) is 11.8 Å². The van der Waals surface area contributed by atoms with Gasteiger partial charge >= 0.3 is 0 Å². The quantitative estimate of drug-likeness (QED) is 0.720. The highest BCUT2D eigenvalue weighted by Gasteiger charge is 1.98. The summed E-state index contributed by atoms with van der Waals surface area (Å²) in [6.07, 6.45) is 4.42. The van der Waals surface area contributed by atoms with Gasteiger partial charge in [-0.15, -0.1) is 0 Å². The van der Waals surface area contributed by atoms with Gasteiger partial charge in [-0.25, -0.2) is 0 Å². The molecule has 3 heteroatoms. The number of hydrogen-bond donors (Lipinski definition) is 1. The summed E-state index contributed by atoms with van der Waals surface area (Å²) in [6, 6.07) is 2.76. The Morgan fingerprint density at radius 1 is 1.47 bits per heavy atom. The molecule has 0 radical (unpaired) electrons. The van der Waals surface area contributed by atoms with Crippen LogP contribution in [0.1, 0.15) is 26.3 Å². The van der Waals surface area contributed by atoms with E-state index in [4.69, 9.17) is 0 Å². The normalized spacial score (nSPS) is 11.2. The average Bonchev–Trinajstić information content (AvgIpc) is 2.63. The second-order valence-corrected chi connectivity index (χ2v) is 5.38. The maximum Gasteiger partial charge on any atom is 0.0310 e. The molecule has 0 aliphatic heterocycles. The van der Waals surface area contributed by atoms with Crippen molar-refractivity contribution in [3.8, 4) is 0 Å². The van der Waals surface area contributed by atoms with Gasteiger partial charge in [-0.05, 0) is 17.4 Å². The minimum absolute atomic E-state index is 0.559. The van der Waals surface area contributed by atoms with Crippen LogP contribution in [0.4, 0.5) is 0 Å². The van der Waals surface area contributed by atoms with Gasteiger partial charge in [0.2, 0.25) is 0 Å². The molecule has 0 amide bonds. The van der Waals surface area contributed by atoms with Crippen molar-refractivity contribution in [1.82, 2.24) is 9.88 Å². The van der Waals surface area contributed by atoms with Crippen molar-refractivity contribution in [2.75, 3.05) is 11.5 Å². The lowest BCUT2D eigenvalue weighted by Gasteiger charge is -2.06. The Balaban J connectivity index is 2.29. The van der Waals surface area contributed by atoms with Crippen LogP contribution in [0.2, 0.25) is 0 Å². The summed E-state index contributed by atoms with van der Waals surface area (Å²) >= 11 is 1.99. The molecular formula is C12H22N2S. The van der Waals surface area contributed by atoms with E-state index in [0.717, 1.165) is 13.1 Å². The molecule has 1 N–H and O–H groups in total. The second-order valence-electron chi connectivity index (χ2n) is 3.99. The predicted octanol–water partition coefficient (Wildman–Crippen LogP) is 2.74. The number of nitrogens with zero attached hydrogens (tertiary/aromatic N) is 1. The van der Waals surface area contributed by atoms with Crippen LogP contribution in [0.3, 0.4) is 0 Å². The van der Waals surface area contributed by atoms with E-state index in [1.165, 1.54) is 17.1 Å². The van der Waals surface area contributed by atoms with E-state index < -0.39 is 0 Å². The fourth-order valence-corrected chi connectivity index (χ4v) is 2.00. The highest BCUT2D eigenvalue weighted by molar-refractivity contribution is 7.99. The van der Waals surface area contributed by atoms with Crippen LogP contribution in [-0.2, 0) is 13.1 Å². The topological polar surface area (TPSA) is 17.0 Å². The average molecular weight is 226 g/mol. The lowest BCUT2D eigenvalue weighted by Crippen LogP contribution is -2.21. The molecule has 2 nitrogen and oxygen atoms in total. The lowest BCUT2D eigenvalue weighted by atomic mass is 10.3. The third-order valence-electron chi connectivity index (χ3n) is 2.22. The summed E-state index contributed by atoms with van der Waals surface area (Å²) in [5.74, 6) is 2.42. The standard InChI is InChI=1S/C12H22N2S/c1-4-15-8-7-14-6-5-12(10-14)9-13-11(2)3/h5-6,10-11,13H,4,7-9H2,1-3H3. The number of nitrogens with one attached hydrogen (secondary N) is 1. The molecule has 0 aromatic carbocycles. The van der Waals surface area contributed by atoms with E-state index in [0.29, 0.717) is 6.04 Å². The first-order valence-corrected chi connectivity index (χ1v) is 6.83. The monoisotopic (exact) mass is 226 g/mol. The van der Waals surface area contributed by atoms with Gasteiger partial charge in [0.25, 0.3) is 0 Å². The fraction of sp³-hybridized carbons (Fsp3) is 0.667. The molecule has 0 unspecified atom stereocenters. The molecule has 1 heterocycles. The molecule has 1 aromatic heterocycles. The SMILES string of the molecule is CCSCCn1ccc(CNC(C)C)c1. The van der Waals surface area contributed by atoms with E-state index in [-0.39, 0.29) is 0 Å².